The largest absolute Gasteiger partial charge is 0.454 e. The van der Waals surface area contributed by atoms with Gasteiger partial charge in [0.25, 0.3) is 5.91 Å². The van der Waals surface area contributed by atoms with Crippen molar-refractivity contribution in [2.75, 3.05) is 33.0 Å². The first-order chi connectivity index (χ1) is 13.1. The SMILES string of the molecule is CC(=O)c1ccccc1C(=O)N1CCN(Cc2ccc3c(c2)OCO3)CC1. The summed E-state index contributed by atoms with van der Waals surface area (Å²) in [5, 5.41) is 0. The first-order valence-electron chi connectivity index (χ1n) is 9.12. The van der Waals surface area contributed by atoms with E-state index in [1.165, 1.54) is 12.5 Å². The van der Waals surface area contributed by atoms with Crippen LogP contribution in [0, 0.1) is 0 Å². The minimum atomic E-state index is -0.0830. The van der Waals surface area contributed by atoms with E-state index in [-0.39, 0.29) is 18.5 Å². The summed E-state index contributed by atoms with van der Waals surface area (Å²) in [6.07, 6.45) is 0. The molecule has 2 aromatic rings. The minimum Gasteiger partial charge on any atom is -0.454 e. The van der Waals surface area contributed by atoms with E-state index in [9.17, 15) is 9.59 Å². The summed E-state index contributed by atoms with van der Waals surface area (Å²) in [5.41, 5.74) is 2.15. The normalized spacial score (nSPS) is 16.4. The molecule has 0 atom stereocenters. The second-order valence-corrected chi connectivity index (χ2v) is 6.86. The highest BCUT2D eigenvalue weighted by molar-refractivity contribution is 6.07. The van der Waals surface area contributed by atoms with E-state index in [1.54, 1.807) is 24.3 Å². The summed E-state index contributed by atoms with van der Waals surface area (Å²) in [6, 6.07) is 13.0. The molecule has 4 rings (SSSR count). The fourth-order valence-electron chi connectivity index (χ4n) is 3.55. The van der Waals surface area contributed by atoms with Gasteiger partial charge in [0, 0.05) is 38.3 Å². The molecule has 1 amide bonds. The van der Waals surface area contributed by atoms with Crippen molar-refractivity contribution in [1.29, 1.82) is 0 Å². The van der Waals surface area contributed by atoms with Gasteiger partial charge in [-0.2, -0.15) is 0 Å². The minimum absolute atomic E-state index is 0.0662. The number of Topliss-reactive ketones (excluding diaryl/α,β-unsaturated/α-hetero) is 1. The number of carbonyl (C=O) groups is 2. The number of ether oxygens (including phenoxy) is 2. The number of rotatable bonds is 4. The number of ketones is 1. The van der Waals surface area contributed by atoms with Crippen LogP contribution in [-0.2, 0) is 6.54 Å². The third-order valence-corrected chi connectivity index (χ3v) is 5.04. The van der Waals surface area contributed by atoms with Gasteiger partial charge in [-0.3, -0.25) is 14.5 Å². The third kappa shape index (κ3) is 3.66. The molecule has 2 heterocycles. The van der Waals surface area contributed by atoms with Gasteiger partial charge in [-0.05, 0) is 30.7 Å². The monoisotopic (exact) mass is 366 g/mol. The van der Waals surface area contributed by atoms with Gasteiger partial charge < -0.3 is 14.4 Å². The summed E-state index contributed by atoms with van der Waals surface area (Å²) in [4.78, 5) is 28.8. The molecule has 0 aromatic heterocycles. The van der Waals surface area contributed by atoms with Crippen molar-refractivity contribution in [2.24, 2.45) is 0 Å². The van der Waals surface area contributed by atoms with E-state index in [2.05, 4.69) is 4.90 Å². The fraction of sp³-hybridized carbons (Fsp3) is 0.333. The van der Waals surface area contributed by atoms with Crippen molar-refractivity contribution in [3.05, 3.63) is 59.2 Å². The van der Waals surface area contributed by atoms with Gasteiger partial charge in [0.15, 0.2) is 17.3 Å². The lowest BCUT2D eigenvalue weighted by atomic mass is 10.0. The van der Waals surface area contributed by atoms with Crippen LogP contribution in [-0.4, -0.2) is 54.5 Å². The third-order valence-electron chi connectivity index (χ3n) is 5.04. The molecule has 6 heteroatoms. The highest BCUT2D eigenvalue weighted by Gasteiger charge is 2.25. The van der Waals surface area contributed by atoms with Gasteiger partial charge in [0.2, 0.25) is 6.79 Å². The van der Waals surface area contributed by atoms with Crippen LogP contribution in [0.1, 0.15) is 33.2 Å². The number of hydrogen-bond donors (Lipinski definition) is 0. The zero-order valence-corrected chi connectivity index (χ0v) is 15.3. The second-order valence-electron chi connectivity index (χ2n) is 6.86. The Kier molecular flexibility index (Phi) is 4.81. The molecule has 140 valence electrons. The van der Waals surface area contributed by atoms with Gasteiger partial charge >= 0.3 is 0 Å². The zero-order chi connectivity index (χ0) is 18.8. The molecule has 0 radical (unpaired) electrons. The van der Waals surface area contributed by atoms with E-state index >= 15 is 0 Å². The first-order valence-corrected chi connectivity index (χ1v) is 9.12. The average molecular weight is 366 g/mol. The molecule has 1 fully saturated rings. The van der Waals surface area contributed by atoms with Crippen molar-refractivity contribution >= 4 is 11.7 Å². The Bertz CT molecular complexity index is 872. The summed E-state index contributed by atoms with van der Waals surface area (Å²) < 4.78 is 10.8. The van der Waals surface area contributed by atoms with Crippen LogP contribution in [0.25, 0.3) is 0 Å². The maximum atomic E-state index is 12.8. The molecule has 2 aliphatic rings. The predicted molar refractivity (Wildman–Crippen MR) is 100 cm³/mol. The first kappa shape index (κ1) is 17.5. The number of benzene rings is 2. The molecular formula is C21H22N2O4. The van der Waals surface area contributed by atoms with Crippen LogP contribution >= 0.6 is 0 Å². The van der Waals surface area contributed by atoms with E-state index in [4.69, 9.17) is 9.47 Å². The Morgan fingerprint density at radius 3 is 2.37 bits per heavy atom. The summed E-state index contributed by atoms with van der Waals surface area (Å²) >= 11 is 0. The topological polar surface area (TPSA) is 59.1 Å². The van der Waals surface area contributed by atoms with E-state index in [1.807, 2.05) is 23.1 Å². The van der Waals surface area contributed by atoms with Gasteiger partial charge in [0.1, 0.15) is 0 Å². The van der Waals surface area contributed by atoms with E-state index < -0.39 is 0 Å². The molecule has 1 saturated heterocycles. The molecule has 27 heavy (non-hydrogen) atoms. The number of hydrogen-bond acceptors (Lipinski definition) is 5. The molecular weight excluding hydrogens is 344 g/mol. The highest BCUT2D eigenvalue weighted by Crippen LogP contribution is 2.32. The highest BCUT2D eigenvalue weighted by atomic mass is 16.7. The number of amides is 1. The van der Waals surface area contributed by atoms with E-state index in [0.717, 1.165) is 31.1 Å². The van der Waals surface area contributed by atoms with E-state index in [0.29, 0.717) is 24.2 Å². The predicted octanol–water partition coefficient (Wildman–Crippen LogP) is 2.58. The van der Waals surface area contributed by atoms with Crippen molar-refractivity contribution in [3.63, 3.8) is 0 Å². The maximum absolute atomic E-state index is 12.8. The fourth-order valence-corrected chi connectivity index (χ4v) is 3.55. The molecule has 0 saturated carbocycles. The van der Waals surface area contributed by atoms with Crippen molar-refractivity contribution in [3.8, 4) is 11.5 Å². The van der Waals surface area contributed by atoms with Crippen LogP contribution in [0.15, 0.2) is 42.5 Å². The van der Waals surface area contributed by atoms with Gasteiger partial charge in [-0.25, -0.2) is 0 Å². The van der Waals surface area contributed by atoms with Gasteiger partial charge in [0.05, 0.1) is 5.56 Å². The molecule has 6 nitrogen and oxygen atoms in total. The summed E-state index contributed by atoms with van der Waals surface area (Å²) in [6.45, 7) is 5.47. The van der Waals surface area contributed by atoms with Gasteiger partial charge in [-0.15, -0.1) is 0 Å². The van der Waals surface area contributed by atoms with Crippen molar-refractivity contribution in [1.82, 2.24) is 9.80 Å². The lowest BCUT2D eigenvalue weighted by Crippen LogP contribution is -2.48. The zero-order valence-electron chi connectivity index (χ0n) is 15.3. The van der Waals surface area contributed by atoms with Crippen LogP contribution in [0.2, 0.25) is 0 Å². The number of nitrogens with zero attached hydrogens (tertiary/aromatic N) is 2. The molecule has 2 aromatic carbocycles. The number of fused-ring (bicyclic) bond motifs is 1. The lowest BCUT2D eigenvalue weighted by Gasteiger charge is -2.35. The molecule has 0 bridgehead atoms. The molecule has 0 aliphatic carbocycles. The van der Waals surface area contributed by atoms with Crippen LogP contribution in [0.5, 0.6) is 11.5 Å². The second kappa shape index (κ2) is 7.40. The van der Waals surface area contributed by atoms with Crippen LogP contribution in [0.4, 0.5) is 0 Å². The van der Waals surface area contributed by atoms with Crippen LogP contribution in [0.3, 0.4) is 0 Å². The Balaban J connectivity index is 1.38. The van der Waals surface area contributed by atoms with Gasteiger partial charge in [-0.1, -0.05) is 24.3 Å². The standard InChI is InChI=1S/C21H22N2O4/c1-15(24)17-4-2-3-5-18(17)21(25)23-10-8-22(9-11-23)13-16-6-7-19-20(12-16)27-14-26-19/h2-7,12H,8-11,13-14H2,1H3. The van der Waals surface area contributed by atoms with Crippen molar-refractivity contribution < 1.29 is 19.1 Å². The molecule has 0 unspecified atom stereocenters. The van der Waals surface area contributed by atoms with Crippen molar-refractivity contribution in [2.45, 2.75) is 13.5 Å². The maximum Gasteiger partial charge on any atom is 0.254 e. The summed E-state index contributed by atoms with van der Waals surface area (Å²) in [5.74, 6) is 1.43. The Morgan fingerprint density at radius 2 is 1.63 bits per heavy atom. The average Bonchev–Trinajstić information content (AvgIpc) is 3.16. The molecule has 0 N–H and O–H groups in total. The Labute approximate surface area is 158 Å². The smallest absolute Gasteiger partial charge is 0.254 e. The quantitative estimate of drug-likeness (QED) is 0.779. The molecule has 0 spiro atoms. The van der Waals surface area contributed by atoms with Crippen LogP contribution < -0.4 is 9.47 Å². The summed E-state index contributed by atoms with van der Waals surface area (Å²) in [7, 11) is 0. The Morgan fingerprint density at radius 1 is 0.926 bits per heavy atom. The molecule has 2 aliphatic heterocycles. The lowest BCUT2D eigenvalue weighted by molar-refractivity contribution is 0.0625. The number of piperazine rings is 1. The number of carbonyl (C=O) groups excluding carboxylic acids is 2. The Hall–Kier alpha value is -2.86.